The Labute approximate surface area is 133 Å². The van der Waals surface area contributed by atoms with Gasteiger partial charge in [0.1, 0.15) is 6.04 Å². The van der Waals surface area contributed by atoms with E-state index in [2.05, 4.69) is 5.32 Å². The molecule has 2 rings (SSSR count). The van der Waals surface area contributed by atoms with Crippen molar-refractivity contribution >= 4 is 5.91 Å². The van der Waals surface area contributed by atoms with Gasteiger partial charge in [0.2, 0.25) is 5.91 Å². The number of benzene rings is 1. The van der Waals surface area contributed by atoms with Gasteiger partial charge in [0.25, 0.3) is 0 Å². The van der Waals surface area contributed by atoms with Gasteiger partial charge in [0, 0.05) is 18.6 Å². The number of nitrogens with zero attached hydrogens (tertiary/aromatic N) is 1. The molecule has 0 unspecified atom stereocenters. The van der Waals surface area contributed by atoms with Crippen LogP contribution in [0.5, 0.6) is 0 Å². The molecule has 0 aliphatic carbocycles. The molecular formula is C16H22F3N3O. The maximum Gasteiger partial charge on any atom is 0.407 e. The number of carbonyl (C=O) groups excluding carboxylic acids is 1. The van der Waals surface area contributed by atoms with Crippen LogP contribution in [0.15, 0.2) is 30.3 Å². The number of likely N-dealkylation sites (tertiary alicyclic amines) is 1. The first-order valence-corrected chi connectivity index (χ1v) is 7.69. The molecule has 23 heavy (non-hydrogen) atoms. The van der Waals surface area contributed by atoms with Gasteiger partial charge in [-0.3, -0.25) is 10.1 Å². The average molecular weight is 329 g/mol. The second-order valence-corrected chi connectivity index (χ2v) is 5.99. The lowest BCUT2D eigenvalue weighted by Gasteiger charge is -2.36. The Hall–Kier alpha value is -1.60. The predicted molar refractivity (Wildman–Crippen MR) is 81.6 cm³/mol. The van der Waals surface area contributed by atoms with Crippen LogP contribution in [0, 0.1) is 0 Å². The molecule has 0 bridgehead atoms. The molecule has 1 aromatic carbocycles. The highest BCUT2D eigenvalue weighted by Gasteiger charge is 2.41. The molecule has 0 aromatic heterocycles. The summed E-state index contributed by atoms with van der Waals surface area (Å²) in [7, 11) is 0. The van der Waals surface area contributed by atoms with E-state index in [-0.39, 0.29) is 30.1 Å². The molecular weight excluding hydrogens is 307 g/mol. The predicted octanol–water partition coefficient (Wildman–Crippen LogP) is 2.22. The molecule has 7 heteroatoms. The fraction of sp³-hybridized carbons (Fsp3) is 0.562. The number of nitrogens with two attached hydrogens (primary N) is 1. The van der Waals surface area contributed by atoms with Crippen molar-refractivity contribution in [1.29, 1.82) is 0 Å². The molecule has 0 radical (unpaired) electrons. The van der Waals surface area contributed by atoms with Crippen molar-refractivity contribution in [1.82, 2.24) is 10.2 Å². The Kier molecular flexibility index (Phi) is 5.64. The third kappa shape index (κ3) is 4.68. The fourth-order valence-corrected chi connectivity index (χ4v) is 2.94. The number of carbonyl (C=O) groups is 1. The molecule has 3 N–H and O–H groups in total. The Morgan fingerprint density at radius 3 is 2.61 bits per heavy atom. The van der Waals surface area contributed by atoms with E-state index in [1.54, 1.807) is 23.1 Å². The number of piperidine rings is 1. The highest BCUT2D eigenvalue weighted by atomic mass is 19.4. The summed E-state index contributed by atoms with van der Waals surface area (Å²) in [6.45, 7) is 2.01. The van der Waals surface area contributed by atoms with Crippen molar-refractivity contribution < 1.29 is 18.0 Å². The third-order valence-electron chi connectivity index (χ3n) is 4.15. The lowest BCUT2D eigenvalue weighted by Crippen LogP contribution is -2.51. The van der Waals surface area contributed by atoms with Crippen molar-refractivity contribution in [2.45, 2.75) is 44.1 Å². The van der Waals surface area contributed by atoms with Crippen LogP contribution in [0.2, 0.25) is 0 Å². The Bertz CT molecular complexity index is 521. The minimum Gasteiger partial charge on any atom is -0.339 e. The lowest BCUT2D eigenvalue weighted by atomic mass is 9.99. The molecule has 1 aromatic rings. The van der Waals surface area contributed by atoms with Crippen molar-refractivity contribution in [3.05, 3.63) is 35.9 Å². The molecule has 128 valence electrons. The van der Waals surface area contributed by atoms with Gasteiger partial charge in [0.15, 0.2) is 0 Å². The van der Waals surface area contributed by atoms with Gasteiger partial charge in [-0.25, -0.2) is 0 Å². The highest BCUT2D eigenvalue weighted by Crippen LogP contribution is 2.32. The lowest BCUT2D eigenvalue weighted by molar-refractivity contribution is -0.159. The van der Waals surface area contributed by atoms with E-state index in [1.807, 2.05) is 6.92 Å². The normalized spacial score (nSPS) is 23.6. The molecule has 1 aliphatic heterocycles. The second kappa shape index (κ2) is 7.31. The van der Waals surface area contributed by atoms with Crippen molar-refractivity contribution in [3.8, 4) is 0 Å². The van der Waals surface area contributed by atoms with Crippen LogP contribution in [0.3, 0.4) is 0 Å². The maximum atomic E-state index is 13.2. The summed E-state index contributed by atoms with van der Waals surface area (Å²) < 4.78 is 39.7. The number of rotatable bonds is 4. The molecule has 3 atom stereocenters. The second-order valence-electron chi connectivity index (χ2n) is 5.99. The average Bonchev–Trinajstić information content (AvgIpc) is 2.47. The summed E-state index contributed by atoms with van der Waals surface area (Å²) in [6.07, 6.45) is -3.11. The topological polar surface area (TPSA) is 58.4 Å². The Morgan fingerprint density at radius 1 is 1.39 bits per heavy atom. The van der Waals surface area contributed by atoms with Crippen LogP contribution >= 0.6 is 0 Å². The van der Waals surface area contributed by atoms with Gasteiger partial charge in [-0.1, -0.05) is 30.3 Å². The first kappa shape index (κ1) is 17.7. The summed E-state index contributed by atoms with van der Waals surface area (Å²) in [5, 5.41) is 2.36. The molecule has 0 spiro atoms. The number of alkyl halides is 3. The minimum atomic E-state index is -4.46. The Balaban J connectivity index is 2.00. The van der Waals surface area contributed by atoms with Crippen LogP contribution in [0.4, 0.5) is 13.2 Å². The van der Waals surface area contributed by atoms with E-state index in [0.29, 0.717) is 19.4 Å². The molecule has 1 amide bonds. The molecule has 1 aliphatic rings. The van der Waals surface area contributed by atoms with Gasteiger partial charge in [0.05, 0.1) is 6.54 Å². The fourth-order valence-electron chi connectivity index (χ4n) is 2.94. The Morgan fingerprint density at radius 2 is 2.04 bits per heavy atom. The van der Waals surface area contributed by atoms with Crippen LogP contribution in [-0.4, -0.2) is 42.2 Å². The molecule has 4 nitrogen and oxygen atoms in total. The molecule has 1 heterocycles. The molecule has 1 saturated heterocycles. The highest BCUT2D eigenvalue weighted by molar-refractivity contribution is 5.78. The first-order valence-electron chi connectivity index (χ1n) is 7.69. The summed E-state index contributed by atoms with van der Waals surface area (Å²) in [6, 6.07) is 5.70. The van der Waals surface area contributed by atoms with E-state index < -0.39 is 12.2 Å². The van der Waals surface area contributed by atoms with Crippen LogP contribution in [0.1, 0.15) is 31.4 Å². The number of hydrogen-bond acceptors (Lipinski definition) is 3. The summed E-state index contributed by atoms with van der Waals surface area (Å²) in [5.74, 6) is -0.324. The quantitative estimate of drug-likeness (QED) is 0.890. The van der Waals surface area contributed by atoms with Gasteiger partial charge in [-0.2, -0.15) is 13.2 Å². The zero-order chi connectivity index (χ0) is 17.0. The zero-order valence-corrected chi connectivity index (χ0v) is 13.0. The van der Waals surface area contributed by atoms with E-state index in [4.69, 9.17) is 5.73 Å². The monoisotopic (exact) mass is 329 g/mol. The number of amides is 1. The molecule has 1 fully saturated rings. The van der Waals surface area contributed by atoms with Gasteiger partial charge in [-0.15, -0.1) is 0 Å². The standard InChI is InChI=1S/C16H22F3N3O/c1-11-9-13(20)7-8-22(11)14(23)10-21-15(16(17,18)19)12-5-3-2-4-6-12/h2-6,11,13,15,21H,7-10,20H2,1H3/t11-,13+,15-/m1/s1. The van der Waals surface area contributed by atoms with E-state index >= 15 is 0 Å². The SMILES string of the molecule is C[C@@H]1C[C@@H](N)CCN1C(=O)CN[C@H](c1ccccc1)C(F)(F)F. The van der Waals surface area contributed by atoms with Crippen molar-refractivity contribution in [3.63, 3.8) is 0 Å². The van der Waals surface area contributed by atoms with E-state index in [9.17, 15) is 18.0 Å². The van der Waals surface area contributed by atoms with Crippen LogP contribution < -0.4 is 11.1 Å². The van der Waals surface area contributed by atoms with Crippen LogP contribution in [0.25, 0.3) is 0 Å². The number of halogens is 3. The third-order valence-corrected chi connectivity index (χ3v) is 4.15. The van der Waals surface area contributed by atoms with Crippen LogP contribution in [-0.2, 0) is 4.79 Å². The summed E-state index contributed by atoms with van der Waals surface area (Å²) in [4.78, 5) is 13.8. The van der Waals surface area contributed by atoms with E-state index in [1.165, 1.54) is 12.1 Å². The zero-order valence-electron chi connectivity index (χ0n) is 13.0. The number of hydrogen-bond donors (Lipinski definition) is 2. The van der Waals surface area contributed by atoms with E-state index in [0.717, 1.165) is 0 Å². The minimum absolute atomic E-state index is 0.0471. The largest absolute Gasteiger partial charge is 0.407 e. The van der Waals surface area contributed by atoms with Gasteiger partial charge >= 0.3 is 6.18 Å². The van der Waals surface area contributed by atoms with Crippen molar-refractivity contribution in [2.24, 2.45) is 5.73 Å². The maximum absolute atomic E-state index is 13.2. The van der Waals surface area contributed by atoms with Gasteiger partial charge in [-0.05, 0) is 25.3 Å². The first-order chi connectivity index (χ1) is 10.8. The molecule has 0 saturated carbocycles. The van der Waals surface area contributed by atoms with Gasteiger partial charge < -0.3 is 10.6 Å². The summed E-state index contributed by atoms with van der Waals surface area (Å²) in [5.41, 5.74) is 5.94. The van der Waals surface area contributed by atoms with Crippen molar-refractivity contribution in [2.75, 3.05) is 13.1 Å². The summed E-state index contributed by atoms with van der Waals surface area (Å²) >= 11 is 0. The number of nitrogens with one attached hydrogen (secondary N) is 1. The smallest absolute Gasteiger partial charge is 0.339 e.